The molecule has 0 spiro atoms. The van der Waals surface area contributed by atoms with E-state index >= 15 is 0 Å². The lowest BCUT2D eigenvalue weighted by Gasteiger charge is -2.28. The fraction of sp³-hybridized carbons (Fsp3) is 0.533. The van der Waals surface area contributed by atoms with E-state index in [-0.39, 0.29) is 43.0 Å². The number of amides is 5. The fourth-order valence-electron chi connectivity index (χ4n) is 2.51. The van der Waals surface area contributed by atoms with Crippen LogP contribution in [0.15, 0.2) is 4.52 Å². The highest BCUT2D eigenvalue weighted by Gasteiger charge is 2.31. The van der Waals surface area contributed by atoms with Crippen molar-refractivity contribution in [3.63, 3.8) is 0 Å². The van der Waals surface area contributed by atoms with Crippen LogP contribution >= 0.6 is 11.6 Å². The molecule has 1 atom stereocenters. The second-order valence-corrected chi connectivity index (χ2v) is 6.09. The molecule has 0 bridgehead atoms. The highest BCUT2D eigenvalue weighted by atomic mass is 35.5. The van der Waals surface area contributed by atoms with Gasteiger partial charge in [-0.15, -0.1) is 0 Å². The fourth-order valence-corrected chi connectivity index (χ4v) is 2.75. The minimum absolute atomic E-state index is 0.0209. The minimum Gasteiger partial charge on any atom is -0.354 e. The van der Waals surface area contributed by atoms with Gasteiger partial charge in [0.15, 0.2) is 0 Å². The zero-order valence-electron chi connectivity index (χ0n) is 14.4. The Morgan fingerprint density at radius 2 is 2.15 bits per heavy atom. The lowest BCUT2D eigenvalue weighted by Crippen LogP contribution is -2.58. The summed E-state index contributed by atoms with van der Waals surface area (Å²) in [5.41, 5.74) is 1.06. The summed E-state index contributed by atoms with van der Waals surface area (Å²) >= 11 is 5.82. The van der Waals surface area contributed by atoms with Gasteiger partial charge in [0, 0.05) is 25.2 Å². The van der Waals surface area contributed by atoms with Gasteiger partial charge in [-0.3, -0.25) is 19.7 Å². The van der Waals surface area contributed by atoms with Crippen molar-refractivity contribution in [2.75, 3.05) is 19.6 Å². The maximum Gasteiger partial charge on any atom is 0.322 e. The van der Waals surface area contributed by atoms with Gasteiger partial charge in [-0.2, -0.15) is 0 Å². The number of imide groups is 1. The maximum absolute atomic E-state index is 12.4. The van der Waals surface area contributed by atoms with E-state index in [0.29, 0.717) is 17.8 Å². The first-order valence-corrected chi connectivity index (χ1v) is 8.46. The molecule has 11 heteroatoms. The van der Waals surface area contributed by atoms with Crippen LogP contribution in [0.3, 0.4) is 0 Å². The van der Waals surface area contributed by atoms with E-state index in [1.165, 1.54) is 4.90 Å². The van der Waals surface area contributed by atoms with Gasteiger partial charge in [-0.05, 0) is 25.4 Å². The van der Waals surface area contributed by atoms with Crippen molar-refractivity contribution in [3.8, 4) is 0 Å². The number of hydrogen-bond acceptors (Lipinski definition) is 6. The van der Waals surface area contributed by atoms with Gasteiger partial charge in [0.05, 0.1) is 18.5 Å². The Bertz CT molecular complexity index is 684. The molecule has 1 saturated heterocycles. The Balaban J connectivity index is 1.82. The van der Waals surface area contributed by atoms with E-state index < -0.39 is 18.0 Å². The van der Waals surface area contributed by atoms with Gasteiger partial charge < -0.3 is 20.1 Å². The van der Waals surface area contributed by atoms with Crippen LogP contribution in [0.2, 0.25) is 5.22 Å². The molecule has 2 rings (SSSR count). The quantitative estimate of drug-likeness (QED) is 0.592. The summed E-state index contributed by atoms with van der Waals surface area (Å²) in [5.74, 6) is -1.16. The van der Waals surface area contributed by atoms with E-state index in [1.54, 1.807) is 13.8 Å². The van der Waals surface area contributed by atoms with Crippen LogP contribution in [0.25, 0.3) is 0 Å². The average molecular weight is 386 g/mol. The van der Waals surface area contributed by atoms with Crippen LogP contribution in [0.1, 0.15) is 24.6 Å². The molecule has 0 saturated carbocycles. The van der Waals surface area contributed by atoms with Crippen LogP contribution in [0.5, 0.6) is 0 Å². The van der Waals surface area contributed by atoms with Crippen molar-refractivity contribution >= 4 is 35.4 Å². The third kappa shape index (κ3) is 4.94. The molecule has 0 aromatic carbocycles. The molecular weight excluding hydrogens is 366 g/mol. The molecule has 10 nitrogen and oxygen atoms in total. The molecule has 1 aliphatic rings. The van der Waals surface area contributed by atoms with Crippen molar-refractivity contribution in [2.45, 2.75) is 32.7 Å². The maximum atomic E-state index is 12.4. The predicted molar refractivity (Wildman–Crippen MR) is 90.3 cm³/mol. The number of halogens is 1. The third-order valence-electron chi connectivity index (χ3n) is 3.92. The SMILES string of the molecule is CCN(CCNC(=O)Cc1c(C)noc1Cl)C(=O)[C@@H]1CC(=O)NC(=O)N1. The summed E-state index contributed by atoms with van der Waals surface area (Å²) in [7, 11) is 0. The molecule has 1 aromatic heterocycles. The molecule has 26 heavy (non-hydrogen) atoms. The number of urea groups is 1. The third-order valence-corrected chi connectivity index (χ3v) is 4.21. The van der Waals surface area contributed by atoms with Gasteiger partial charge in [-0.1, -0.05) is 5.16 Å². The summed E-state index contributed by atoms with van der Waals surface area (Å²) in [6, 6.07) is -1.59. The van der Waals surface area contributed by atoms with Crippen LogP contribution in [0.4, 0.5) is 4.79 Å². The first kappa shape index (κ1) is 19.7. The van der Waals surface area contributed by atoms with Crippen molar-refractivity contribution in [3.05, 3.63) is 16.5 Å². The number of nitrogens with zero attached hydrogens (tertiary/aromatic N) is 2. The summed E-state index contributed by atoms with van der Waals surface area (Å²) in [4.78, 5) is 48.6. The van der Waals surface area contributed by atoms with Gasteiger partial charge >= 0.3 is 6.03 Å². The molecule has 0 radical (unpaired) electrons. The van der Waals surface area contributed by atoms with Crippen LogP contribution in [0, 0.1) is 6.92 Å². The summed E-state index contributed by atoms with van der Waals surface area (Å²) < 4.78 is 4.79. The van der Waals surface area contributed by atoms with Gasteiger partial charge in [0.25, 0.3) is 0 Å². The monoisotopic (exact) mass is 385 g/mol. The van der Waals surface area contributed by atoms with Gasteiger partial charge in [-0.25, -0.2) is 4.79 Å². The normalized spacial score (nSPS) is 16.7. The second kappa shape index (κ2) is 8.65. The molecule has 0 unspecified atom stereocenters. The number of carbonyl (C=O) groups is 4. The highest BCUT2D eigenvalue weighted by molar-refractivity contribution is 6.29. The van der Waals surface area contributed by atoms with E-state index in [0.717, 1.165) is 0 Å². The molecule has 1 fully saturated rings. The number of aromatic nitrogens is 1. The molecule has 2 heterocycles. The average Bonchev–Trinajstić information content (AvgIpc) is 2.89. The largest absolute Gasteiger partial charge is 0.354 e. The molecule has 1 aromatic rings. The molecule has 0 aliphatic carbocycles. The number of aryl methyl sites for hydroxylation is 1. The highest BCUT2D eigenvalue weighted by Crippen LogP contribution is 2.19. The van der Waals surface area contributed by atoms with Crippen molar-refractivity contribution in [1.82, 2.24) is 26.0 Å². The van der Waals surface area contributed by atoms with E-state index in [9.17, 15) is 19.2 Å². The van der Waals surface area contributed by atoms with Crippen LogP contribution in [-0.2, 0) is 20.8 Å². The predicted octanol–water partition coefficient (Wildman–Crippen LogP) is -0.258. The molecule has 1 aliphatic heterocycles. The van der Waals surface area contributed by atoms with E-state index in [4.69, 9.17) is 16.1 Å². The summed E-state index contributed by atoms with van der Waals surface area (Å²) in [5, 5.41) is 10.9. The number of nitrogens with one attached hydrogen (secondary N) is 3. The molecule has 3 N–H and O–H groups in total. The van der Waals surface area contributed by atoms with Crippen molar-refractivity contribution < 1.29 is 23.7 Å². The lowest BCUT2D eigenvalue weighted by molar-refractivity contribution is -0.136. The Morgan fingerprint density at radius 3 is 2.73 bits per heavy atom. The number of hydrogen-bond donors (Lipinski definition) is 3. The van der Waals surface area contributed by atoms with E-state index in [1.807, 2.05) is 0 Å². The lowest BCUT2D eigenvalue weighted by atomic mass is 10.1. The molecule has 5 amide bonds. The zero-order valence-corrected chi connectivity index (χ0v) is 15.2. The Hall–Kier alpha value is -2.62. The van der Waals surface area contributed by atoms with Crippen LogP contribution in [-0.4, -0.2) is 59.5 Å². The summed E-state index contributed by atoms with van der Waals surface area (Å²) in [6.45, 7) is 4.28. The van der Waals surface area contributed by atoms with Gasteiger partial charge in [0.2, 0.25) is 22.9 Å². The smallest absolute Gasteiger partial charge is 0.322 e. The number of likely N-dealkylation sites (N-methyl/N-ethyl adjacent to an activating group) is 1. The summed E-state index contributed by atoms with van der Waals surface area (Å²) in [6.07, 6.45) is -0.0915. The van der Waals surface area contributed by atoms with Crippen LogP contribution < -0.4 is 16.0 Å². The number of carbonyl (C=O) groups excluding carboxylic acids is 4. The first-order chi connectivity index (χ1) is 12.3. The topological polar surface area (TPSA) is 134 Å². The Labute approximate surface area is 154 Å². The van der Waals surface area contributed by atoms with Crippen molar-refractivity contribution in [1.29, 1.82) is 0 Å². The van der Waals surface area contributed by atoms with Crippen molar-refractivity contribution in [2.24, 2.45) is 0 Å². The minimum atomic E-state index is -0.898. The van der Waals surface area contributed by atoms with E-state index in [2.05, 4.69) is 21.1 Å². The standard InChI is InChI=1S/C15H20ClN5O5/c1-3-21(14(24)10-7-12(23)19-15(25)18-10)5-4-17-11(22)6-9-8(2)20-26-13(9)16/h10H,3-7H2,1-2H3,(H,17,22)(H2,18,19,23,25)/t10-/m0/s1. The second-order valence-electron chi connectivity index (χ2n) is 5.74. The van der Waals surface area contributed by atoms with Gasteiger partial charge in [0.1, 0.15) is 6.04 Å². The molecular formula is C15H20ClN5O5. The molecule has 142 valence electrons. The first-order valence-electron chi connectivity index (χ1n) is 8.08. The Morgan fingerprint density at radius 1 is 1.42 bits per heavy atom. The zero-order chi connectivity index (χ0) is 19.3. The number of rotatable bonds is 7. The Kier molecular flexibility index (Phi) is 6.56.